The van der Waals surface area contributed by atoms with Crippen molar-refractivity contribution in [1.29, 1.82) is 0 Å². The fraction of sp³-hybridized carbons (Fsp3) is 0.455. The minimum atomic E-state index is -1.01. The predicted molar refractivity (Wildman–Crippen MR) is 50.6 cm³/mol. The average Bonchev–Trinajstić information content (AvgIpc) is 2.52. The second-order valence-electron chi connectivity index (χ2n) is 3.67. The van der Waals surface area contributed by atoms with Crippen LogP contribution in [-0.2, 0) is 0 Å². The first-order valence-corrected chi connectivity index (χ1v) is 4.97. The topological polar surface area (TPSA) is 29.5 Å². The number of rotatable bonds is 2. The summed E-state index contributed by atoms with van der Waals surface area (Å²) < 4.78 is 31.4. The van der Waals surface area contributed by atoms with Crippen molar-refractivity contribution in [2.45, 2.75) is 32.0 Å². The van der Waals surface area contributed by atoms with E-state index in [1.807, 2.05) is 6.92 Å². The molecule has 0 aromatic heterocycles. The van der Waals surface area contributed by atoms with E-state index in [0.29, 0.717) is 12.0 Å². The number of halogens is 2. The molecule has 0 spiro atoms. The molecule has 0 saturated carbocycles. The number of ether oxygens (including phenoxy) is 1. The van der Waals surface area contributed by atoms with Crippen LogP contribution in [0.4, 0.5) is 8.78 Å². The molecule has 0 bridgehead atoms. The van der Waals surface area contributed by atoms with Gasteiger partial charge in [-0.1, -0.05) is 13.3 Å². The molecule has 0 amide bonds. The Balaban J connectivity index is 2.36. The molecule has 1 aromatic rings. The van der Waals surface area contributed by atoms with Gasteiger partial charge in [-0.15, -0.1) is 0 Å². The number of benzene rings is 1. The molecular weight excluding hydrogens is 202 g/mol. The van der Waals surface area contributed by atoms with E-state index in [1.54, 1.807) is 0 Å². The monoisotopic (exact) mass is 214 g/mol. The van der Waals surface area contributed by atoms with E-state index in [0.717, 1.165) is 12.5 Å². The van der Waals surface area contributed by atoms with Gasteiger partial charge in [0.15, 0.2) is 11.6 Å². The lowest BCUT2D eigenvalue weighted by atomic mass is 10.0. The summed E-state index contributed by atoms with van der Waals surface area (Å²) in [6.07, 6.45) is 0.132. The van der Waals surface area contributed by atoms with Crippen LogP contribution in [0, 0.1) is 11.6 Å². The van der Waals surface area contributed by atoms with Crippen molar-refractivity contribution in [3.63, 3.8) is 0 Å². The summed E-state index contributed by atoms with van der Waals surface area (Å²) >= 11 is 0. The molecule has 1 aliphatic heterocycles. The molecule has 15 heavy (non-hydrogen) atoms. The van der Waals surface area contributed by atoms with Gasteiger partial charge in [0.05, 0.1) is 0 Å². The van der Waals surface area contributed by atoms with E-state index in [1.165, 1.54) is 6.07 Å². The molecule has 2 atom stereocenters. The van der Waals surface area contributed by atoms with Gasteiger partial charge in [-0.2, -0.15) is 4.39 Å². The van der Waals surface area contributed by atoms with Gasteiger partial charge in [-0.3, -0.25) is 0 Å². The molecule has 82 valence electrons. The van der Waals surface area contributed by atoms with Gasteiger partial charge in [-0.25, -0.2) is 4.39 Å². The Bertz CT molecular complexity index is 379. The maximum Gasteiger partial charge on any atom is 0.201 e. The summed E-state index contributed by atoms with van der Waals surface area (Å²) in [7, 11) is 0. The highest BCUT2D eigenvalue weighted by Crippen LogP contribution is 2.40. The summed E-state index contributed by atoms with van der Waals surface area (Å²) in [5.74, 6) is -2.09. The molecule has 4 heteroatoms. The predicted octanol–water partition coefficient (Wildman–Crippen LogP) is 2.56. The quantitative estimate of drug-likeness (QED) is 0.819. The Labute approximate surface area is 86.5 Å². The van der Waals surface area contributed by atoms with Crippen LogP contribution < -0.4 is 4.74 Å². The maximum atomic E-state index is 13.3. The Hall–Kier alpha value is -1.16. The lowest BCUT2D eigenvalue weighted by molar-refractivity contribution is 0.0602. The summed E-state index contributed by atoms with van der Waals surface area (Å²) in [5, 5.41) is 9.77. The molecule has 0 saturated heterocycles. The average molecular weight is 214 g/mol. The highest BCUT2D eigenvalue weighted by atomic mass is 19.2. The minimum absolute atomic E-state index is 0.138. The second kappa shape index (κ2) is 3.77. The van der Waals surface area contributed by atoms with Crippen molar-refractivity contribution < 1.29 is 18.6 Å². The number of aliphatic hydroxyl groups excluding tert-OH is 1. The highest BCUT2D eigenvalue weighted by Gasteiger charge is 2.35. The Kier molecular flexibility index (Phi) is 2.61. The summed E-state index contributed by atoms with van der Waals surface area (Å²) in [4.78, 5) is 0. The van der Waals surface area contributed by atoms with Crippen LogP contribution in [0.5, 0.6) is 5.75 Å². The van der Waals surface area contributed by atoms with Gasteiger partial charge < -0.3 is 9.84 Å². The zero-order chi connectivity index (χ0) is 11.0. The van der Waals surface area contributed by atoms with Crippen LogP contribution in [-0.4, -0.2) is 11.2 Å². The SMILES string of the molecule is CCCC1Oc2c(ccc(F)c2F)C1O. The molecule has 0 fully saturated rings. The summed E-state index contributed by atoms with van der Waals surface area (Å²) in [6, 6.07) is 2.38. The van der Waals surface area contributed by atoms with Gasteiger partial charge in [0.1, 0.15) is 12.2 Å². The fourth-order valence-electron chi connectivity index (χ4n) is 1.82. The van der Waals surface area contributed by atoms with Crippen molar-refractivity contribution in [3.8, 4) is 5.75 Å². The number of hydrogen-bond donors (Lipinski definition) is 1. The molecule has 1 N–H and O–H groups in total. The molecule has 2 rings (SSSR count). The lowest BCUT2D eigenvalue weighted by Gasteiger charge is -2.12. The van der Waals surface area contributed by atoms with E-state index < -0.39 is 23.8 Å². The maximum absolute atomic E-state index is 13.3. The van der Waals surface area contributed by atoms with Gasteiger partial charge in [0.25, 0.3) is 0 Å². The standard InChI is InChI=1S/C11H12F2O2/c1-2-3-8-10(14)6-4-5-7(12)9(13)11(6)15-8/h4-5,8,10,14H,2-3H2,1H3. The molecule has 2 unspecified atom stereocenters. The minimum Gasteiger partial charge on any atom is -0.484 e. The Morgan fingerprint density at radius 3 is 2.80 bits per heavy atom. The van der Waals surface area contributed by atoms with E-state index in [9.17, 15) is 13.9 Å². The Morgan fingerprint density at radius 1 is 1.40 bits per heavy atom. The van der Waals surface area contributed by atoms with Gasteiger partial charge in [0, 0.05) is 5.56 Å². The van der Waals surface area contributed by atoms with Crippen LogP contribution in [0.25, 0.3) is 0 Å². The fourth-order valence-corrected chi connectivity index (χ4v) is 1.82. The van der Waals surface area contributed by atoms with Crippen LogP contribution in [0.15, 0.2) is 12.1 Å². The molecule has 1 heterocycles. The molecule has 1 aromatic carbocycles. The summed E-state index contributed by atoms with van der Waals surface area (Å²) in [5.41, 5.74) is 0.340. The van der Waals surface area contributed by atoms with Crippen LogP contribution >= 0.6 is 0 Å². The first kappa shape index (κ1) is 10.4. The van der Waals surface area contributed by atoms with Crippen LogP contribution in [0.3, 0.4) is 0 Å². The molecular formula is C11H12F2O2. The molecule has 2 nitrogen and oxygen atoms in total. The molecule has 0 aliphatic carbocycles. The highest BCUT2D eigenvalue weighted by molar-refractivity contribution is 5.41. The third-order valence-corrected chi connectivity index (χ3v) is 2.59. The van der Waals surface area contributed by atoms with E-state index >= 15 is 0 Å². The van der Waals surface area contributed by atoms with Crippen molar-refractivity contribution in [3.05, 3.63) is 29.3 Å². The largest absolute Gasteiger partial charge is 0.484 e. The van der Waals surface area contributed by atoms with Gasteiger partial charge >= 0.3 is 0 Å². The number of hydrogen-bond acceptors (Lipinski definition) is 2. The van der Waals surface area contributed by atoms with Crippen molar-refractivity contribution in [2.75, 3.05) is 0 Å². The van der Waals surface area contributed by atoms with Crippen LogP contribution in [0.2, 0.25) is 0 Å². The van der Waals surface area contributed by atoms with Gasteiger partial charge in [0.2, 0.25) is 5.82 Å². The smallest absolute Gasteiger partial charge is 0.201 e. The molecule has 0 radical (unpaired) electrons. The zero-order valence-electron chi connectivity index (χ0n) is 8.34. The van der Waals surface area contributed by atoms with Crippen molar-refractivity contribution in [1.82, 2.24) is 0 Å². The van der Waals surface area contributed by atoms with Crippen molar-refractivity contribution >= 4 is 0 Å². The van der Waals surface area contributed by atoms with Crippen LogP contribution in [0.1, 0.15) is 31.4 Å². The molecule has 1 aliphatic rings. The van der Waals surface area contributed by atoms with Gasteiger partial charge in [-0.05, 0) is 18.6 Å². The summed E-state index contributed by atoms with van der Waals surface area (Å²) in [6.45, 7) is 1.94. The Morgan fingerprint density at radius 2 is 2.13 bits per heavy atom. The number of fused-ring (bicyclic) bond motifs is 1. The van der Waals surface area contributed by atoms with E-state index in [2.05, 4.69) is 0 Å². The third kappa shape index (κ3) is 1.59. The van der Waals surface area contributed by atoms with E-state index in [4.69, 9.17) is 4.74 Å². The second-order valence-corrected chi connectivity index (χ2v) is 3.67. The third-order valence-electron chi connectivity index (χ3n) is 2.59. The first-order valence-electron chi connectivity index (χ1n) is 4.97. The van der Waals surface area contributed by atoms with Crippen molar-refractivity contribution in [2.24, 2.45) is 0 Å². The number of aliphatic hydroxyl groups is 1. The lowest BCUT2D eigenvalue weighted by Crippen LogP contribution is -2.17. The normalized spacial score (nSPS) is 23.7. The first-order chi connectivity index (χ1) is 7.15. The zero-order valence-corrected chi connectivity index (χ0v) is 8.34. The van der Waals surface area contributed by atoms with E-state index in [-0.39, 0.29) is 5.75 Å².